The van der Waals surface area contributed by atoms with E-state index in [4.69, 9.17) is 0 Å². The molecule has 4 rings (SSSR count). The second-order valence-corrected chi connectivity index (χ2v) is 9.70. The van der Waals surface area contributed by atoms with E-state index in [1.807, 2.05) is 13.8 Å². The Hall–Kier alpha value is -1.08. The van der Waals surface area contributed by atoms with Crippen LogP contribution in [0.5, 0.6) is 0 Å². The Balaban J connectivity index is 1.77. The molecule has 3 fully saturated rings. The molecule has 0 saturated heterocycles. The summed E-state index contributed by atoms with van der Waals surface area (Å²) in [6.45, 7) is 3.18. The maximum Gasteiger partial charge on any atom is 0.190 e. The smallest absolute Gasteiger partial charge is 0.190 e. The van der Waals surface area contributed by atoms with Crippen molar-refractivity contribution in [3.05, 3.63) is 11.6 Å². The van der Waals surface area contributed by atoms with E-state index in [0.29, 0.717) is 25.7 Å². The Bertz CT molecular complexity index is 715. The summed E-state index contributed by atoms with van der Waals surface area (Å²) in [6, 6.07) is 0. The molecule has 0 radical (unpaired) electrons. The number of carbonyl (C=O) groups excluding carboxylic acids is 2. The predicted octanol–water partition coefficient (Wildman–Crippen LogP) is 0.752. The zero-order valence-electron chi connectivity index (χ0n) is 16.0. The second kappa shape index (κ2) is 5.96. The second-order valence-electron chi connectivity index (χ2n) is 9.70. The molecule has 150 valence electrons. The van der Waals surface area contributed by atoms with Gasteiger partial charge in [0, 0.05) is 11.8 Å². The first-order chi connectivity index (χ1) is 12.6. The molecule has 8 atom stereocenters. The maximum absolute atomic E-state index is 12.4. The van der Waals surface area contributed by atoms with Gasteiger partial charge in [0.25, 0.3) is 0 Å². The van der Waals surface area contributed by atoms with Crippen molar-refractivity contribution in [3.8, 4) is 0 Å². The summed E-state index contributed by atoms with van der Waals surface area (Å²) in [6.07, 6.45) is 2.75. The van der Waals surface area contributed by atoms with E-state index in [1.54, 1.807) is 6.08 Å². The van der Waals surface area contributed by atoms with Crippen LogP contribution in [0.1, 0.15) is 52.4 Å². The van der Waals surface area contributed by atoms with Crippen molar-refractivity contribution in [3.63, 3.8) is 0 Å². The van der Waals surface area contributed by atoms with Crippen LogP contribution in [0.25, 0.3) is 0 Å². The lowest BCUT2D eigenvalue weighted by Crippen LogP contribution is -2.63. The standard InChI is InChI=1S/C21H30O6/c1-19-5-3-11(23)7-14(19)15(24)8-12-13-4-6-21(27,17(26)10-22)20(13,2)9-16(25)18(12)19/h7,12-13,15-16,18,22,24-25,27H,3-6,8-10H2,1-2H3/t12-,13+,15+,16+,18+,19-,20-,21-/m0/s1. The third-order valence-corrected chi connectivity index (χ3v) is 8.67. The van der Waals surface area contributed by atoms with Gasteiger partial charge in [-0.05, 0) is 66.9 Å². The highest BCUT2D eigenvalue weighted by molar-refractivity contribution is 5.92. The molecule has 0 amide bonds. The lowest BCUT2D eigenvalue weighted by Gasteiger charge is -2.61. The molecule has 0 aliphatic heterocycles. The van der Waals surface area contributed by atoms with Gasteiger partial charge in [-0.1, -0.05) is 13.8 Å². The number of rotatable bonds is 2. The molecule has 0 aromatic heterocycles. The van der Waals surface area contributed by atoms with Gasteiger partial charge in [0.1, 0.15) is 12.2 Å². The fourth-order valence-corrected chi connectivity index (χ4v) is 7.33. The Morgan fingerprint density at radius 2 is 1.96 bits per heavy atom. The van der Waals surface area contributed by atoms with Crippen LogP contribution in [0, 0.1) is 28.6 Å². The van der Waals surface area contributed by atoms with E-state index in [1.165, 1.54) is 0 Å². The van der Waals surface area contributed by atoms with Crippen LogP contribution in [0.4, 0.5) is 0 Å². The summed E-state index contributed by atoms with van der Waals surface area (Å²) in [7, 11) is 0. The van der Waals surface area contributed by atoms with Crippen molar-refractivity contribution >= 4 is 11.6 Å². The van der Waals surface area contributed by atoms with Crippen molar-refractivity contribution < 1.29 is 30.0 Å². The number of carbonyl (C=O) groups is 2. The number of aliphatic hydroxyl groups is 4. The molecule has 3 saturated carbocycles. The van der Waals surface area contributed by atoms with Crippen molar-refractivity contribution in [1.82, 2.24) is 0 Å². The van der Waals surface area contributed by atoms with E-state index in [2.05, 4.69) is 0 Å². The topological polar surface area (TPSA) is 115 Å². The lowest BCUT2D eigenvalue weighted by atomic mass is 9.45. The largest absolute Gasteiger partial charge is 0.393 e. The van der Waals surface area contributed by atoms with Crippen LogP contribution in [-0.2, 0) is 9.59 Å². The molecular formula is C21H30O6. The quantitative estimate of drug-likeness (QED) is 0.564. The third-order valence-electron chi connectivity index (χ3n) is 8.67. The first kappa shape index (κ1) is 19.2. The molecule has 0 bridgehead atoms. The highest BCUT2D eigenvalue weighted by atomic mass is 16.3. The van der Waals surface area contributed by atoms with Gasteiger partial charge in [0.05, 0.1) is 12.2 Å². The van der Waals surface area contributed by atoms with Crippen molar-refractivity contribution in [2.75, 3.05) is 6.61 Å². The van der Waals surface area contributed by atoms with Gasteiger partial charge in [0.15, 0.2) is 11.6 Å². The maximum atomic E-state index is 12.4. The summed E-state index contributed by atoms with van der Waals surface area (Å²) in [5, 5.41) is 42.6. The minimum absolute atomic E-state index is 0.0166. The van der Waals surface area contributed by atoms with Gasteiger partial charge < -0.3 is 20.4 Å². The Labute approximate surface area is 159 Å². The molecule has 6 nitrogen and oxygen atoms in total. The summed E-state index contributed by atoms with van der Waals surface area (Å²) < 4.78 is 0. The van der Waals surface area contributed by atoms with Gasteiger partial charge in [-0.3, -0.25) is 9.59 Å². The van der Waals surface area contributed by atoms with Crippen LogP contribution in [0.3, 0.4) is 0 Å². The molecule has 0 aromatic carbocycles. The number of ketones is 2. The Morgan fingerprint density at radius 3 is 2.63 bits per heavy atom. The zero-order valence-corrected chi connectivity index (χ0v) is 16.0. The number of hydrogen-bond donors (Lipinski definition) is 4. The average molecular weight is 378 g/mol. The normalized spacial score (nSPS) is 51.9. The predicted molar refractivity (Wildman–Crippen MR) is 96.5 cm³/mol. The molecular weight excluding hydrogens is 348 g/mol. The van der Waals surface area contributed by atoms with Gasteiger partial charge in [-0.2, -0.15) is 0 Å². The molecule has 0 heterocycles. The number of Topliss-reactive ketones (excluding diaryl/α,β-unsaturated/α-hetero) is 1. The zero-order chi connectivity index (χ0) is 19.8. The summed E-state index contributed by atoms with van der Waals surface area (Å²) >= 11 is 0. The summed E-state index contributed by atoms with van der Waals surface area (Å²) in [5.74, 6) is -0.713. The van der Waals surface area contributed by atoms with Gasteiger partial charge in [0.2, 0.25) is 0 Å². The first-order valence-corrected chi connectivity index (χ1v) is 10.1. The van der Waals surface area contributed by atoms with Crippen LogP contribution < -0.4 is 0 Å². The molecule has 6 heteroatoms. The van der Waals surface area contributed by atoms with Gasteiger partial charge in [-0.15, -0.1) is 0 Å². The minimum Gasteiger partial charge on any atom is -0.393 e. The molecule has 4 aliphatic carbocycles. The average Bonchev–Trinajstić information content (AvgIpc) is 2.87. The Morgan fingerprint density at radius 1 is 1.26 bits per heavy atom. The summed E-state index contributed by atoms with van der Waals surface area (Å²) in [5.41, 5.74) is -2.17. The van der Waals surface area contributed by atoms with Crippen molar-refractivity contribution in [2.24, 2.45) is 28.6 Å². The highest BCUT2D eigenvalue weighted by Crippen LogP contribution is 2.67. The van der Waals surface area contributed by atoms with E-state index in [-0.39, 0.29) is 36.4 Å². The SMILES string of the molecule is C[C@]12CCC(=O)C=C1[C@H](O)C[C@@H]1[C@@H]2[C@H](O)C[C@@]2(C)[C@@H]1CC[C@]2(O)C(=O)CO. The fourth-order valence-electron chi connectivity index (χ4n) is 7.33. The van der Waals surface area contributed by atoms with E-state index < -0.39 is 41.0 Å². The monoisotopic (exact) mass is 378 g/mol. The van der Waals surface area contributed by atoms with E-state index in [9.17, 15) is 30.0 Å². The van der Waals surface area contributed by atoms with Crippen molar-refractivity contribution in [2.45, 2.75) is 70.2 Å². The number of hydrogen-bond acceptors (Lipinski definition) is 6. The molecule has 27 heavy (non-hydrogen) atoms. The van der Waals surface area contributed by atoms with Crippen LogP contribution in [-0.4, -0.2) is 56.4 Å². The fraction of sp³-hybridized carbons (Fsp3) is 0.810. The van der Waals surface area contributed by atoms with Gasteiger partial charge >= 0.3 is 0 Å². The molecule has 0 spiro atoms. The van der Waals surface area contributed by atoms with Crippen molar-refractivity contribution in [1.29, 1.82) is 0 Å². The molecule has 0 unspecified atom stereocenters. The van der Waals surface area contributed by atoms with E-state index in [0.717, 1.165) is 5.57 Å². The third kappa shape index (κ3) is 2.33. The summed E-state index contributed by atoms with van der Waals surface area (Å²) in [4.78, 5) is 24.3. The number of aliphatic hydroxyl groups excluding tert-OH is 3. The lowest BCUT2D eigenvalue weighted by molar-refractivity contribution is -0.187. The molecule has 4 N–H and O–H groups in total. The van der Waals surface area contributed by atoms with Crippen LogP contribution >= 0.6 is 0 Å². The number of fused-ring (bicyclic) bond motifs is 5. The highest BCUT2D eigenvalue weighted by Gasteiger charge is 2.68. The Kier molecular flexibility index (Phi) is 4.25. The molecule has 0 aromatic rings. The van der Waals surface area contributed by atoms with Crippen LogP contribution in [0.15, 0.2) is 11.6 Å². The minimum atomic E-state index is -1.64. The van der Waals surface area contributed by atoms with Gasteiger partial charge in [-0.25, -0.2) is 0 Å². The van der Waals surface area contributed by atoms with E-state index >= 15 is 0 Å². The first-order valence-electron chi connectivity index (χ1n) is 10.1. The van der Waals surface area contributed by atoms with Crippen LogP contribution in [0.2, 0.25) is 0 Å². The molecule has 4 aliphatic rings.